The molecule has 5 nitrogen and oxygen atoms in total. The van der Waals surface area contributed by atoms with Crippen LogP contribution in [0.1, 0.15) is 39.0 Å². The molecule has 2 N–H and O–H groups in total. The maximum atomic E-state index is 12.7. The Morgan fingerprint density at radius 1 is 1.25 bits per heavy atom. The van der Waals surface area contributed by atoms with E-state index in [4.69, 9.17) is 5.11 Å². The van der Waals surface area contributed by atoms with Gasteiger partial charge in [-0.1, -0.05) is 6.42 Å². The van der Waals surface area contributed by atoms with Crippen LogP contribution in [-0.4, -0.2) is 47.1 Å². The average molecular weight is 280 g/mol. The number of nitrogens with one attached hydrogen (secondary N) is 1. The molecule has 0 radical (unpaired) electrons. The second-order valence-electron chi connectivity index (χ2n) is 6.68. The number of carbonyl (C=O) groups excluding carboxylic acids is 1. The number of nitrogens with zero attached hydrogens (tertiary/aromatic N) is 1. The smallest absolute Gasteiger partial charge is 0.306 e. The number of hydrogen-bond donors (Lipinski definition) is 2. The summed E-state index contributed by atoms with van der Waals surface area (Å²) in [6.45, 7) is 3.54. The molecule has 5 heteroatoms. The van der Waals surface area contributed by atoms with Crippen molar-refractivity contribution < 1.29 is 14.7 Å². The number of carboxylic acid groups (broad SMARTS) is 1. The van der Waals surface area contributed by atoms with Gasteiger partial charge in [-0.3, -0.25) is 9.59 Å². The topological polar surface area (TPSA) is 69.6 Å². The highest BCUT2D eigenvalue weighted by Crippen LogP contribution is 2.38. The number of carbonyl (C=O) groups is 2. The third kappa shape index (κ3) is 2.32. The molecule has 3 rings (SSSR count). The van der Waals surface area contributed by atoms with Crippen LogP contribution in [0.25, 0.3) is 0 Å². The third-order valence-electron chi connectivity index (χ3n) is 5.52. The number of carboxylic acids is 1. The summed E-state index contributed by atoms with van der Waals surface area (Å²) in [6.07, 6.45) is 4.83. The Balaban J connectivity index is 1.64. The Hall–Kier alpha value is -1.10. The second kappa shape index (κ2) is 5.35. The van der Waals surface area contributed by atoms with Gasteiger partial charge in [-0.25, -0.2) is 0 Å². The lowest BCUT2D eigenvalue weighted by Gasteiger charge is -2.38. The lowest BCUT2D eigenvalue weighted by atomic mass is 9.89. The van der Waals surface area contributed by atoms with Gasteiger partial charge in [0.05, 0.1) is 12.0 Å². The standard InChI is InChI=1S/C15H24N2O3/c1-9-7-10(15(19)20)5-6-17(9)14(18)13-12-4-2-3-11(12)8-16-13/h9-13,16H,2-8H2,1H3,(H,19,20). The molecule has 0 bridgehead atoms. The lowest BCUT2D eigenvalue weighted by molar-refractivity contribution is -0.148. The SMILES string of the molecule is CC1CC(C(=O)O)CCN1C(=O)C1NCC2CCCC21. The predicted molar refractivity (Wildman–Crippen MR) is 74.2 cm³/mol. The van der Waals surface area contributed by atoms with E-state index in [0.29, 0.717) is 31.2 Å². The highest BCUT2D eigenvalue weighted by molar-refractivity contribution is 5.83. The minimum atomic E-state index is -0.723. The van der Waals surface area contributed by atoms with Gasteiger partial charge in [0, 0.05) is 12.6 Å². The Morgan fingerprint density at radius 3 is 2.75 bits per heavy atom. The van der Waals surface area contributed by atoms with Crippen LogP contribution in [0.15, 0.2) is 0 Å². The van der Waals surface area contributed by atoms with Crippen molar-refractivity contribution in [3.63, 3.8) is 0 Å². The van der Waals surface area contributed by atoms with Gasteiger partial charge in [-0.2, -0.15) is 0 Å². The summed E-state index contributed by atoms with van der Waals surface area (Å²) in [4.78, 5) is 25.7. The van der Waals surface area contributed by atoms with Gasteiger partial charge in [0.1, 0.15) is 0 Å². The van der Waals surface area contributed by atoms with Crippen LogP contribution in [0.3, 0.4) is 0 Å². The summed E-state index contributed by atoms with van der Waals surface area (Å²) in [5.74, 6) is 0.377. The van der Waals surface area contributed by atoms with Gasteiger partial charge in [-0.15, -0.1) is 0 Å². The van der Waals surface area contributed by atoms with E-state index in [9.17, 15) is 9.59 Å². The molecule has 2 heterocycles. The van der Waals surface area contributed by atoms with Gasteiger partial charge in [0.15, 0.2) is 0 Å². The number of hydrogen-bond acceptors (Lipinski definition) is 3. The fourth-order valence-electron chi connectivity index (χ4n) is 4.36. The zero-order valence-corrected chi connectivity index (χ0v) is 12.0. The highest BCUT2D eigenvalue weighted by atomic mass is 16.4. The van der Waals surface area contributed by atoms with E-state index in [1.54, 1.807) is 0 Å². The lowest BCUT2D eigenvalue weighted by Crippen LogP contribution is -2.53. The molecular formula is C15H24N2O3. The number of rotatable bonds is 2. The van der Waals surface area contributed by atoms with E-state index in [1.807, 2.05) is 11.8 Å². The van der Waals surface area contributed by atoms with Crippen molar-refractivity contribution in [1.82, 2.24) is 10.2 Å². The fourth-order valence-corrected chi connectivity index (χ4v) is 4.36. The molecule has 2 aliphatic heterocycles. The number of fused-ring (bicyclic) bond motifs is 1. The molecule has 0 aromatic rings. The maximum Gasteiger partial charge on any atom is 0.306 e. The summed E-state index contributed by atoms with van der Waals surface area (Å²) in [6, 6.07) is 0.0194. The zero-order chi connectivity index (χ0) is 14.3. The van der Waals surface area contributed by atoms with Crippen LogP contribution in [0.2, 0.25) is 0 Å². The monoisotopic (exact) mass is 280 g/mol. The molecule has 0 aromatic heterocycles. The third-order valence-corrected chi connectivity index (χ3v) is 5.52. The molecule has 5 unspecified atom stereocenters. The van der Waals surface area contributed by atoms with Crippen molar-refractivity contribution in [2.75, 3.05) is 13.1 Å². The van der Waals surface area contributed by atoms with Crippen LogP contribution in [0.4, 0.5) is 0 Å². The number of amides is 1. The summed E-state index contributed by atoms with van der Waals surface area (Å²) < 4.78 is 0. The molecule has 1 saturated carbocycles. The number of likely N-dealkylation sites (tertiary alicyclic amines) is 1. The van der Waals surface area contributed by atoms with Crippen molar-refractivity contribution in [1.29, 1.82) is 0 Å². The normalized spacial score (nSPS) is 40.6. The molecule has 1 amide bonds. The summed E-state index contributed by atoms with van der Waals surface area (Å²) >= 11 is 0. The molecule has 5 atom stereocenters. The first-order valence-corrected chi connectivity index (χ1v) is 7.84. The molecule has 2 saturated heterocycles. The average Bonchev–Trinajstić information content (AvgIpc) is 2.99. The Bertz CT molecular complexity index is 412. The summed E-state index contributed by atoms with van der Waals surface area (Å²) in [5, 5.41) is 12.5. The minimum Gasteiger partial charge on any atom is -0.481 e. The van der Waals surface area contributed by atoms with E-state index in [2.05, 4.69) is 5.32 Å². The maximum absolute atomic E-state index is 12.7. The second-order valence-corrected chi connectivity index (χ2v) is 6.68. The Morgan fingerprint density at radius 2 is 2.05 bits per heavy atom. The Labute approximate surface area is 119 Å². The molecular weight excluding hydrogens is 256 g/mol. The van der Waals surface area contributed by atoms with Crippen molar-refractivity contribution in [3.05, 3.63) is 0 Å². The van der Waals surface area contributed by atoms with Crippen molar-refractivity contribution in [3.8, 4) is 0 Å². The first-order chi connectivity index (χ1) is 9.58. The van der Waals surface area contributed by atoms with E-state index in [-0.39, 0.29) is 23.9 Å². The fraction of sp³-hybridized carbons (Fsp3) is 0.867. The quantitative estimate of drug-likeness (QED) is 0.794. The van der Waals surface area contributed by atoms with E-state index < -0.39 is 5.97 Å². The van der Waals surface area contributed by atoms with E-state index >= 15 is 0 Å². The van der Waals surface area contributed by atoms with Gasteiger partial charge >= 0.3 is 5.97 Å². The molecule has 1 aliphatic carbocycles. The van der Waals surface area contributed by atoms with Crippen LogP contribution in [-0.2, 0) is 9.59 Å². The molecule has 3 fully saturated rings. The largest absolute Gasteiger partial charge is 0.481 e. The van der Waals surface area contributed by atoms with Crippen LogP contribution >= 0.6 is 0 Å². The van der Waals surface area contributed by atoms with E-state index in [0.717, 1.165) is 13.0 Å². The summed E-state index contributed by atoms with van der Waals surface area (Å²) in [7, 11) is 0. The predicted octanol–water partition coefficient (Wildman–Crippen LogP) is 1.09. The zero-order valence-electron chi connectivity index (χ0n) is 12.0. The van der Waals surface area contributed by atoms with Crippen LogP contribution in [0.5, 0.6) is 0 Å². The van der Waals surface area contributed by atoms with Crippen molar-refractivity contribution >= 4 is 11.9 Å². The number of aliphatic carboxylic acids is 1. The van der Waals surface area contributed by atoms with Crippen LogP contribution < -0.4 is 5.32 Å². The van der Waals surface area contributed by atoms with E-state index in [1.165, 1.54) is 12.8 Å². The molecule has 20 heavy (non-hydrogen) atoms. The number of piperidine rings is 1. The first-order valence-electron chi connectivity index (χ1n) is 7.84. The van der Waals surface area contributed by atoms with Gasteiger partial charge in [0.2, 0.25) is 5.91 Å². The minimum absolute atomic E-state index is 0.0219. The molecule has 3 aliphatic rings. The van der Waals surface area contributed by atoms with Crippen LogP contribution in [0, 0.1) is 17.8 Å². The molecule has 0 aromatic carbocycles. The highest BCUT2D eigenvalue weighted by Gasteiger charge is 2.45. The van der Waals surface area contributed by atoms with Gasteiger partial charge in [-0.05, 0) is 51.0 Å². The molecule has 0 spiro atoms. The van der Waals surface area contributed by atoms with Gasteiger partial charge in [0.25, 0.3) is 0 Å². The Kier molecular flexibility index (Phi) is 3.71. The molecule has 112 valence electrons. The van der Waals surface area contributed by atoms with Crippen molar-refractivity contribution in [2.24, 2.45) is 17.8 Å². The summed E-state index contributed by atoms with van der Waals surface area (Å²) in [5.41, 5.74) is 0. The first kappa shape index (κ1) is 13.9. The van der Waals surface area contributed by atoms with Crippen molar-refractivity contribution in [2.45, 2.75) is 51.1 Å². The van der Waals surface area contributed by atoms with Gasteiger partial charge < -0.3 is 15.3 Å².